The molecule has 2 aliphatic rings. The summed E-state index contributed by atoms with van der Waals surface area (Å²) in [5.41, 5.74) is 2.75. The third-order valence-corrected chi connectivity index (χ3v) is 6.46. The maximum atomic E-state index is 12.9. The number of carbonyl (C=O) groups excluding carboxylic acids is 2. The van der Waals surface area contributed by atoms with Crippen molar-refractivity contribution in [1.82, 2.24) is 14.7 Å². The molecule has 2 aromatic rings. The zero-order chi connectivity index (χ0) is 21.7. The highest BCUT2D eigenvalue weighted by atomic mass is 16.5. The zero-order valence-corrected chi connectivity index (χ0v) is 18.7. The Morgan fingerprint density at radius 1 is 1.27 bits per heavy atom. The van der Waals surface area contributed by atoms with Gasteiger partial charge in [-0.2, -0.15) is 0 Å². The summed E-state index contributed by atoms with van der Waals surface area (Å²) < 4.78 is 6.05. The molecule has 2 atom stereocenters. The largest absolute Gasteiger partial charge is 0.468 e. The highest BCUT2D eigenvalue weighted by Gasteiger charge is 2.44. The monoisotopic (exact) mass is 413 g/mol. The van der Waals surface area contributed by atoms with Gasteiger partial charge in [-0.15, -0.1) is 0 Å². The fourth-order valence-electron chi connectivity index (χ4n) is 5.87. The summed E-state index contributed by atoms with van der Waals surface area (Å²) in [6.07, 6.45) is 8.46. The summed E-state index contributed by atoms with van der Waals surface area (Å²) in [4.78, 5) is 26.5. The fraction of sp³-hybridized carbons (Fsp3) is 0.625. The quantitative estimate of drug-likeness (QED) is 0.737. The number of imidazole rings is 1. The smallest absolute Gasteiger partial charge is 0.293 e. The van der Waals surface area contributed by atoms with Crippen molar-refractivity contribution < 1.29 is 14.3 Å². The molecule has 2 aliphatic carbocycles. The summed E-state index contributed by atoms with van der Waals surface area (Å²) in [6, 6.07) is 5.74. The van der Waals surface area contributed by atoms with Crippen LogP contribution in [-0.4, -0.2) is 34.9 Å². The van der Waals surface area contributed by atoms with Crippen molar-refractivity contribution >= 4 is 18.0 Å². The van der Waals surface area contributed by atoms with Crippen molar-refractivity contribution in [3.8, 4) is 0 Å². The topological polar surface area (TPSA) is 72.7 Å². The van der Waals surface area contributed by atoms with Crippen LogP contribution in [0.2, 0.25) is 0 Å². The molecule has 4 rings (SSSR count). The number of aromatic nitrogens is 2. The second-order valence-electron chi connectivity index (χ2n) is 9.42. The van der Waals surface area contributed by atoms with Crippen molar-refractivity contribution in [2.24, 2.45) is 23.2 Å². The highest BCUT2D eigenvalue weighted by molar-refractivity contribution is 5.93. The fourth-order valence-corrected chi connectivity index (χ4v) is 5.87. The number of hydrogen-bond donors (Lipinski definition) is 1. The Labute approximate surface area is 179 Å². The van der Waals surface area contributed by atoms with Gasteiger partial charge < -0.3 is 10.1 Å². The number of hydrogen-bond acceptors (Lipinski definition) is 4. The van der Waals surface area contributed by atoms with E-state index in [-0.39, 0.29) is 5.91 Å². The van der Waals surface area contributed by atoms with Crippen molar-refractivity contribution in [3.63, 3.8) is 0 Å². The standard InChI is InChI=1S/C21H29N3O.C3H6O2/c1-14-7-17-8-15(2)10-21(9-14,11-17)13-22-20(25)18-5-4-6-19-23-16(3)12-24(18)19;1-2-5-3-4/h4-6,12,14-15,17H,7-11,13H2,1-3H3,(H,22,25);3H,2H2,1H3. The lowest BCUT2D eigenvalue weighted by Crippen LogP contribution is -2.46. The minimum absolute atomic E-state index is 0.0189. The van der Waals surface area contributed by atoms with Crippen LogP contribution >= 0.6 is 0 Å². The number of carbonyl (C=O) groups is 2. The van der Waals surface area contributed by atoms with Crippen LogP contribution in [0.3, 0.4) is 0 Å². The third-order valence-electron chi connectivity index (χ3n) is 6.46. The van der Waals surface area contributed by atoms with Crippen molar-refractivity contribution in [1.29, 1.82) is 0 Å². The molecule has 6 nitrogen and oxygen atoms in total. The molecule has 2 heterocycles. The van der Waals surface area contributed by atoms with E-state index in [9.17, 15) is 9.59 Å². The molecule has 0 spiro atoms. The highest BCUT2D eigenvalue weighted by Crippen LogP contribution is 2.52. The number of ether oxygens (including phenoxy) is 1. The second kappa shape index (κ2) is 9.63. The molecule has 30 heavy (non-hydrogen) atoms. The van der Waals surface area contributed by atoms with Gasteiger partial charge in [0.2, 0.25) is 0 Å². The lowest BCUT2D eigenvalue weighted by atomic mass is 9.57. The number of nitrogens with zero attached hydrogens (tertiary/aromatic N) is 2. The number of pyridine rings is 1. The van der Waals surface area contributed by atoms with Gasteiger partial charge in [-0.3, -0.25) is 14.0 Å². The molecule has 6 heteroatoms. The minimum atomic E-state index is 0.0189. The van der Waals surface area contributed by atoms with E-state index in [4.69, 9.17) is 0 Å². The van der Waals surface area contributed by atoms with E-state index in [1.807, 2.05) is 35.7 Å². The molecule has 2 aromatic heterocycles. The first-order valence-corrected chi connectivity index (χ1v) is 11.1. The van der Waals surface area contributed by atoms with Gasteiger partial charge in [0.25, 0.3) is 12.4 Å². The van der Waals surface area contributed by atoms with Gasteiger partial charge in [-0.05, 0) is 81.3 Å². The number of fused-ring (bicyclic) bond motifs is 3. The maximum absolute atomic E-state index is 12.9. The summed E-state index contributed by atoms with van der Waals surface area (Å²) >= 11 is 0. The summed E-state index contributed by atoms with van der Waals surface area (Å²) in [5, 5.41) is 3.27. The van der Waals surface area contributed by atoms with E-state index in [2.05, 4.69) is 28.9 Å². The first-order chi connectivity index (χ1) is 14.4. The number of rotatable bonds is 5. The van der Waals surface area contributed by atoms with E-state index in [0.29, 0.717) is 24.2 Å². The van der Waals surface area contributed by atoms with Crippen molar-refractivity contribution in [2.75, 3.05) is 13.2 Å². The van der Waals surface area contributed by atoms with Crippen LogP contribution in [-0.2, 0) is 9.53 Å². The molecule has 0 aliphatic heterocycles. The normalized spacial score (nSPS) is 27.7. The molecule has 164 valence electrons. The Morgan fingerprint density at radius 3 is 2.57 bits per heavy atom. The minimum Gasteiger partial charge on any atom is -0.468 e. The number of amides is 1. The Hall–Kier alpha value is -2.37. The molecular weight excluding hydrogens is 378 g/mol. The third kappa shape index (κ3) is 5.21. The van der Waals surface area contributed by atoms with Gasteiger partial charge in [0.05, 0.1) is 12.3 Å². The molecular formula is C24H35N3O3. The molecule has 1 amide bonds. The molecule has 2 unspecified atom stereocenters. The lowest BCUT2D eigenvalue weighted by molar-refractivity contribution is -0.128. The Morgan fingerprint density at radius 2 is 1.97 bits per heavy atom. The predicted octanol–water partition coefficient (Wildman–Crippen LogP) is 4.40. The number of aryl methyl sites for hydroxylation is 1. The molecule has 2 saturated carbocycles. The van der Waals surface area contributed by atoms with Gasteiger partial charge >= 0.3 is 0 Å². The van der Waals surface area contributed by atoms with Crippen LogP contribution in [0.4, 0.5) is 0 Å². The van der Waals surface area contributed by atoms with Crippen LogP contribution in [0, 0.1) is 30.1 Å². The lowest BCUT2D eigenvalue weighted by Gasteiger charge is -2.50. The van der Waals surface area contributed by atoms with E-state index >= 15 is 0 Å². The molecule has 0 radical (unpaired) electrons. The van der Waals surface area contributed by atoms with Gasteiger partial charge in [0.15, 0.2) is 0 Å². The molecule has 2 bridgehead atoms. The SMILES string of the molecule is CCOC=O.Cc1cn2c(C(=O)NCC34CC(C)CC(CC(C)C3)C4)cccc2n1. The van der Waals surface area contributed by atoms with E-state index in [1.165, 1.54) is 32.1 Å². The van der Waals surface area contributed by atoms with E-state index < -0.39 is 0 Å². The van der Waals surface area contributed by atoms with E-state index in [1.54, 1.807) is 6.92 Å². The summed E-state index contributed by atoms with van der Waals surface area (Å²) in [5.74, 6) is 2.43. The van der Waals surface area contributed by atoms with Crippen LogP contribution in [0.1, 0.15) is 69.1 Å². The average molecular weight is 414 g/mol. The predicted molar refractivity (Wildman–Crippen MR) is 117 cm³/mol. The summed E-state index contributed by atoms with van der Waals surface area (Å²) in [7, 11) is 0. The van der Waals surface area contributed by atoms with Gasteiger partial charge in [0, 0.05) is 12.7 Å². The summed E-state index contributed by atoms with van der Waals surface area (Å²) in [6.45, 7) is 10.2. The van der Waals surface area contributed by atoms with Crippen molar-refractivity contribution in [2.45, 2.75) is 59.8 Å². The zero-order valence-electron chi connectivity index (χ0n) is 18.7. The Balaban J connectivity index is 0.000000461. The van der Waals surface area contributed by atoms with Crippen LogP contribution in [0.5, 0.6) is 0 Å². The average Bonchev–Trinajstić information content (AvgIpc) is 3.06. The van der Waals surface area contributed by atoms with Gasteiger partial charge in [-0.25, -0.2) is 4.98 Å². The van der Waals surface area contributed by atoms with Crippen LogP contribution in [0.15, 0.2) is 24.4 Å². The Kier molecular flexibility index (Phi) is 7.16. The maximum Gasteiger partial charge on any atom is 0.293 e. The first kappa shape index (κ1) is 22.3. The molecule has 0 aromatic carbocycles. The number of nitrogens with one attached hydrogen (secondary N) is 1. The van der Waals surface area contributed by atoms with E-state index in [0.717, 1.165) is 35.6 Å². The van der Waals surface area contributed by atoms with Gasteiger partial charge in [0.1, 0.15) is 11.3 Å². The van der Waals surface area contributed by atoms with Crippen molar-refractivity contribution in [3.05, 3.63) is 35.8 Å². The van der Waals surface area contributed by atoms with Crippen LogP contribution in [0.25, 0.3) is 5.65 Å². The Bertz CT molecular complexity index is 856. The second-order valence-corrected chi connectivity index (χ2v) is 9.42. The molecule has 2 fully saturated rings. The molecule has 1 N–H and O–H groups in total. The van der Waals surface area contributed by atoms with Crippen LogP contribution < -0.4 is 5.32 Å². The van der Waals surface area contributed by atoms with Gasteiger partial charge in [-0.1, -0.05) is 19.9 Å². The molecule has 0 saturated heterocycles. The first-order valence-electron chi connectivity index (χ1n) is 11.1.